The molecule has 1 aliphatic heterocycles. The summed E-state index contributed by atoms with van der Waals surface area (Å²) in [5, 5.41) is 8.79. The number of carbonyl (C=O) groups is 1. The molecule has 2 atom stereocenters. The molecular formula is C10H12BrNO4S3. The van der Waals surface area contributed by atoms with Crippen molar-refractivity contribution in [2.45, 2.75) is 30.2 Å². The second-order valence-electron chi connectivity index (χ2n) is 4.09. The third kappa shape index (κ3) is 2.71. The average molecular weight is 386 g/mol. The van der Waals surface area contributed by atoms with E-state index < -0.39 is 22.0 Å². The zero-order chi connectivity index (χ0) is 14.4. The van der Waals surface area contributed by atoms with Crippen LogP contribution in [0, 0.1) is 6.92 Å². The van der Waals surface area contributed by atoms with Gasteiger partial charge in [0.05, 0.1) is 14.1 Å². The number of sulfonamides is 1. The third-order valence-electron chi connectivity index (χ3n) is 2.84. The van der Waals surface area contributed by atoms with E-state index in [1.165, 1.54) is 29.2 Å². The quantitative estimate of drug-likeness (QED) is 0.863. The fourth-order valence-electron chi connectivity index (χ4n) is 1.97. The molecule has 1 fully saturated rings. The zero-order valence-electron chi connectivity index (χ0n) is 10.2. The Bertz CT molecular complexity index is 612. The van der Waals surface area contributed by atoms with Crippen LogP contribution in [0.3, 0.4) is 0 Å². The predicted octanol–water partition coefficient (Wildman–Crippen LogP) is 2.36. The van der Waals surface area contributed by atoms with Crippen molar-refractivity contribution in [2.24, 2.45) is 0 Å². The fraction of sp³-hybridized carbons (Fsp3) is 0.500. The van der Waals surface area contributed by atoms with Gasteiger partial charge in [-0.25, -0.2) is 8.42 Å². The van der Waals surface area contributed by atoms with Crippen molar-refractivity contribution in [3.8, 4) is 0 Å². The molecule has 1 N–H and O–H groups in total. The van der Waals surface area contributed by atoms with Gasteiger partial charge in [-0.05, 0) is 35.8 Å². The van der Waals surface area contributed by atoms with Crippen LogP contribution in [-0.4, -0.2) is 41.0 Å². The lowest BCUT2D eigenvalue weighted by atomic mass is 10.3. The number of carboxylic acids is 1. The lowest BCUT2D eigenvalue weighted by molar-refractivity contribution is -0.140. The normalized spacial score (nSPS) is 24.8. The Balaban J connectivity index is 2.49. The number of thioether (sulfide) groups is 1. The van der Waals surface area contributed by atoms with Gasteiger partial charge in [-0.3, -0.25) is 4.79 Å². The fourth-order valence-corrected chi connectivity index (χ4v) is 7.65. The van der Waals surface area contributed by atoms with E-state index in [1.54, 1.807) is 13.8 Å². The van der Waals surface area contributed by atoms with Crippen molar-refractivity contribution >= 4 is 55.0 Å². The van der Waals surface area contributed by atoms with Crippen molar-refractivity contribution < 1.29 is 18.3 Å². The van der Waals surface area contributed by atoms with Gasteiger partial charge in [-0.15, -0.1) is 23.1 Å². The van der Waals surface area contributed by atoms with Crippen LogP contribution in [0.1, 0.15) is 11.8 Å². The van der Waals surface area contributed by atoms with E-state index in [0.717, 1.165) is 8.09 Å². The van der Waals surface area contributed by atoms with Crippen LogP contribution in [0.4, 0.5) is 0 Å². The molecule has 2 unspecified atom stereocenters. The molecular weight excluding hydrogens is 374 g/mol. The third-order valence-corrected chi connectivity index (χ3v) is 7.98. The maximum atomic E-state index is 12.6. The van der Waals surface area contributed by atoms with E-state index in [9.17, 15) is 13.2 Å². The first-order chi connectivity index (χ1) is 8.75. The largest absolute Gasteiger partial charge is 0.480 e. The summed E-state index contributed by atoms with van der Waals surface area (Å²) in [6.07, 6.45) is 0. The van der Waals surface area contributed by atoms with Crippen molar-refractivity contribution in [3.63, 3.8) is 0 Å². The number of aryl methyl sites for hydroxylation is 1. The molecule has 5 nitrogen and oxygen atoms in total. The van der Waals surface area contributed by atoms with Crippen LogP contribution in [0.15, 0.2) is 14.7 Å². The average Bonchev–Trinajstić information content (AvgIpc) is 2.82. The van der Waals surface area contributed by atoms with Gasteiger partial charge in [0.1, 0.15) is 6.04 Å². The molecule has 0 aromatic carbocycles. The second-order valence-corrected chi connectivity index (χ2v) is 9.89. The molecule has 0 saturated carbocycles. The zero-order valence-corrected chi connectivity index (χ0v) is 14.2. The second kappa shape index (κ2) is 5.36. The van der Waals surface area contributed by atoms with Crippen molar-refractivity contribution in [1.82, 2.24) is 4.31 Å². The summed E-state index contributed by atoms with van der Waals surface area (Å²) in [6, 6.07) is 0.535. The van der Waals surface area contributed by atoms with Crippen molar-refractivity contribution in [2.75, 3.05) is 5.75 Å². The number of halogens is 1. The summed E-state index contributed by atoms with van der Waals surface area (Å²) >= 11 is 5.91. The van der Waals surface area contributed by atoms with Gasteiger partial charge in [0.25, 0.3) is 0 Å². The molecule has 0 radical (unpaired) electrons. The molecule has 0 bridgehead atoms. The highest BCUT2D eigenvalue weighted by Crippen LogP contribution is 2.38. The summed E-state index contributed by atoms with van der Waals surface area (Å²) in [5.74, 6) is -0.826. The van der Waals surface area contributed by atoms with Gasteiger partial charge in [-0.2, -0.15) is 4.31 Å². The van der Waals surface area contributed by atoms with E-state index in [1.807, 2.05) is 0 Å². The molecule has 106 valence electrons. The van der Waals surface area contributed by atoms with E-state index in [2.05, 4.69) is 15.9 Å². The highest BCUT2D eigenvalue weighted by molar-refractivity contribution is 9.11. The van der Waals surface area contributed by atoms with E-state index >= 15 is 0 Å². The smallest absolute Gasteiger partial charge is 0.322 e. The minimum absolute atomic E-state index is 0.185. The molecule has 9 heteroatoms. The summed E-state index contributed by atoms with van der Waals surface area (Å²) in [6.45, 7) is 3.42. The predicted molar refractivity (Wildman–Crippen MR) is 79.1 cm³/mol. The van der Waals surface area contributed by atoms with E-state index in [0.29, 0.717) is 4.88 Å². The summed E-state index contributed by atoms with van der Waals surface area (Å²) in [4.78, 5) is 12.0. The number of hydrogen-bond acceptors (Lipinski definition) is 5. The van der Waals surface area contributed by atoms with Gasteiger partial charge in [-0.1, -0.05) is 0 Å². The highest BCUT2D eigenvalue weighted by atomic mass is 79.9. The lowest BCUT2D eigenvalue weighted by Gasteiger charge is -2.24. The summed E-state index contributed by atoms with van der Waals surface area (Å²) < 4.78 is 27.1. The molecule has 0 aliphatic carbocycles. The van der Waals surface area contributed by atoms with Crippen LogP contribution in [0.2, 0.25) is 0 Å². The van der Waals surface area contributed by atoms with Crippen LogP contribution >= 0.6 is 39.0 Å². The van der Waals surface area contributed by atoms with Gasteiger partial charge in [0, 0.05) is 10.6 Å². The molecule has 1 aliphatic rings. The molecule has 0 amide bonds. The van der Waals surface area contributed by atoms with E-state index in [-0.39, 0.29) is 16.0 Å². The number of hydrogen-bond donors (Lipinski definition) is 1. The first-order valence-corrected chi connectivity index (χ1v) is 9.49. The van der Waals surface area contributed by atoms with E-state index in [4.69, 9.17) is 5.11 Å². The Morgan fingerprint density at radius 1 is 1.58 bits per heavy atom. The Morgan fingerprint density at radius 3 is 2.68 bits per heavy atom. The number of rotatable bonds is 3. The van der Waals surface area contributed by atoms with Gasteiger partial charge < -0.3 is 5.11 Å². The maximum Gasteiger partial charge on any atom is 0.322 e. The van der Waals surface area contributed by atoms with Crippen LogP contribution < -0.4 is 0 Å². The Labute approximate surface area is 128 Å². The Kier molecular flexibility index (Phi) is 4.32. The number of aliphatic carboxylic acids is 1. The Morgan fingerprint density at radius 2 is 2.21 bits per heavy atom. The summed E-state index contributed by atoms with van der Waals surface area (Å²) in [7, 11) is -3.78. The number of carboxylic acid groups (broad SMARTS) is 1. The minimum atomic E-state index is -3.78. The Hall–Kier alpha value is -0.0900. The number of nitrogens with zero attached hydrogens (tertiary/aromatic N) is 1. The molecule has 1 saturated heterocycles. The molecule has 2 heterocycles. The van der Waals surface area contributed by atoms with Crippen LogP contribution in [0.5, 0.6) is 0 Å². The molecule has 0 spiro atoms. The minimum Gasteiger partial charge on any atom is -0.480 e. The first kappa shape index (κ1) is 15.3. The van der Waals surface area contributed by atoms with Crippen molar-refractivity contribution in [3.05, 3.63) is 14.7 Å². The SMILES string of the molecule is Cc1sc(Br)cc1S(=O)(=O)N1C(C)SCC1C(=O)O. The van der Waals surface area contributed by atoms with Crippen LogP contribution in [-0.2, 0) is 14.8 Å². The van der Waals surface area contributed by atoms with Gasteiger partial charge >= 0.3 is 5.97 Å². The number of thiophene rings is 1. The lowest BCUT2D eigenvalue weighted by Crippen LogP contribution is -2.44. The highest BCUT2D eigenvalue weighted by Gasteiger charge is 2.45. The molecule has 19 heavy (non-hydrogen) atoms. The van der Waals surface area contributed by atoms with Crippen molar-refractivity contribution in [1.29, 1.82) is 0 Å². The monoisotopic (exact) mass is 385 g/mol. The van der Waals surface area contributed by atoms with Gasteiger partial charge in [0.15, 0.2) is 0 Å². The van der Waals surface area contributed by atoms with Crippen LogP contribution in [0.25, 0.3) is 0 Å². The molecule has 1 aromatic rings. The standard InChI is InChI=1S/C10H12BrNO4S3/c1-5-8(3-9(11)18-5)19(15,16)12-6(2)17-4-7(12)10(13)14/h3,6-7H,4H2,1-2H3,(H,13,14). The summed E-state index contributed by atoms with van der Waals surface area (Å²) in [5.41, 5.74) is 0. The first-order valence-electron chi connectivity index (χ1n) is 5.39. The van der Waals surface area contributed by atoms with Gasteiger partial charge in [0.2, 0.25) is 10.0 Å². The maximum absolute atomic E-state index is 12.6. The molecule has 2 rings (SSSR count). The molecule has 1 aromatic heterocycles. The topological polar surface area (TPSA) is 74.7 Å².